The van der Waals surface area contributed by atoms with E-state index in [1.165, 1.54) is 0 Å². The van der Waals surface area contributed by atoms with Gasteiger partial charge in [-0.2, -0.15) is 0 Å². The van der Waals surface area contributed by atoms with Crippen LogP contribution in [-0.2, 0) is 9.53 Å². The van der Waals surface area contributed by atoms with Gasteiger partial charge in [-0.15, -0.1) is 0 Å². The van der Waals surface area contributed by atoms with Crippen LogP contribution in [0, 0.1) is 6.92 Å². The number of nitrogens with two attached hydrogens (primary N) is 1. The summed E-state index contributed by atoms with van der Waals surface area (Å²) in [7, 11) is 0. The lowest BCUT2D eigenvalue weighted by Crippen LogP contribution is -2.36. The van der Waals surface area contributed by atoms with Crippen LogP contribution in [0.4, 0.5) is 5.69 Å². The summed E-state index contributed by atoms with van der Waals surface area (Å²) in [5.41, 5.74) is 7.45. The van der Waals surface area contributed by atoms with Crippen molar-refractivity contribution >= 4 is 34.9 Å². The van der Waals surface area contributed by atoms with Gasteiger partial charge in [-0.25, -0.2) is 0 Å². The molecule has 1 fully saturated rings. The summed E-state index contributed by atoms with van der Waals surface area (Å²) in [6, 6.07) is 0.454. The van der Waals surface area contributed by atoms with Crippen molar-refractivity contribution in [2.75, 3.05) is 31.2 Å². The van der Waals surface area contributed by atoms with Gasteiger partial charge in [0.2, 0.25) is 0 Å². The Morgan fingerprint density at radius 1 is 1.45 bits per heavy atom. The molecule has 7 heteroatoms. The molecular weight excluding hydrogens is 303 g/mol. The molecule has 0 radical (unpaired) electrons. The van der Waals surface area contributed by atoms with Crippen molar-refractivity contribution in [1.29, 1.82) is 0 Å². The third-order valence-corrected chi connectivity index (χ3v) is 4.16. The van der Waals surface area contributed by atoms with Crippen LogP contribution in [0.2, 0.25) is 10.0 Å². The van der Waals surface area contributed by atoms with Crippen LogP contribution < -0.4 is 10.6 Å². The molecule has 0 amide bonds. The van der Waals surface area contributed by atoms with Gasteiger partial charge in [-0.1, -0.05) is 23.2 Å². The van der Waals surface area contributed by atoms with Crippen molar-refractivity contribution in [3.63, 3.8) is 0 Å². The van der Waals surface area contributed by atoms with Crippen molar-refractivity contribution in [3.05, 3.63) is 27.2 Å². The maximum Gasteiger partial charge on any atom is 0.325 e. The molecule has 3 N–H and O–H groups in total. The molecule has 1 aromatic carbocycles. The number of benzene rings is 1. The first-order chi connectivity index (χ1) is 9.43. The SMILES string of the molecule is Cc1c([C@H](N)C(=O)O)cc(Cl)c(N2CCOCC2)c1Cl. The molecule has 20 heavy (non-hydrogen) atoms. The zero-order valence-electron chi connectivity index (χ0n) is 11.0. The third kappa shape index (κ3) is 2.86. The quantitative estimate of drug-likeness (QED) is 0.893. The lowest BCUT2D eigenvalue weighted by Gasteiger charge is -2.31. The van der Waals surface area contributed by atoms with Gasteiger partial charge in [0.05, 0.1) is 28.9 Å². The molecule has 0 saturated carbocycles. The molecule has 0 aromatic heterocycles. The number of hydrogen-bond acceptors (Lipinski definition) is 4. The van der Waals surface area contributed by atoms with Gasteiger partial charge >= 0.3 is 5.97 Å². The van der Waals surface area contributed by atoms with Crippen molar-refractivity contribution in [2.24, 2.45) is 5.73 Å². The smallest absolute Gasteiger partial charge is 0.325 e. The minimum Gasteiger partial charge on any atom is -0.480 e. The molecule has 0 bridgehead atoms. The predicted molar refractivity (Wildman–Crippen MR) is 78.8 cm³/mol. The Hall–Kier alpha value is -1.01. The van der Waals surface area contributed by atoms with Gasteiger partial charge < -0.3 is 20.5 Å². The Bertz CT molecular complexity index is 531. The van der Waals surface area contributed by atoms with Crippen LogP contribution in [0.3, 0.4) is 0 Å². The molecule has 1 aliphatic rings. The van der Waals surface area contributed by atoms with Gasteiger partial charge in [0.1, 0.15) is 6.04 Å². The molecule has 0 spiro atoms. The van der Waals surface area contributed by atoms with Crippen LogP contribution in [0.25, 0.3) is 0 Å². The third-order valence-electron chi connectivity index (χ3n) is 3.41. The second kappa shape index (κ2) is 6.18. The highest BCUT2D eigenvalue weighted by atomic mass is 35.5. The van der Waals surface area contributed by atoms with E-state index in [0.29, 0.717) is 47.5 Å². The summed E-state index contributed by atoms with van der Waals surface area (Å²) in [4.78, 5) is 13.1. The number of ether oxygens (including phenoxy) is 1. The standard InChI is InChI=1S/C13H16Cl2N2O3/c1-7-8(11(16)13(18)19)6-9(14)12(10(7)15)17-2-4-20-5-3-17/h6,11H,2-5,16H2,1H3,(H,18,19)/t11-/m0/s1. The van der Waals surface area contributed by atoms with E-state index in [9.17, 15) is 4.79 Å². The fraction of sp³-hybridized carbons (Fsp3) is 0.462. The highest BCUT2D eigenvalue weighted by Crippen LogP contribution is 2.39. The van der Waals surface area contributed by atoms with Crippen molar-refractivity contribution in [1.82, 2.24) is 0 Å². The van der Waals surface area contributed by atoms with Gasteiger partial charge in [0.15, 0.2) is 0 Å². The largest absolute Gasteiger partial charge is 0.480 e. The minimum absolute atomic E-state index is 0.411. The molecule has 1 aromatic rings. The van der Waals surface area contributed by atoms with E-state index in [4.69, 9.17) is 38.8 Å². The average molecular weight is 319 g/mol. The number of rotatable bonds is 3. The number of carboxylic acid groups (broad SMARTS) is 1. The molecule has 1 heterocycles. The molecule has 1 saturated heterocycles. The van der Waals surface area contributed by atoms with E-state index >= 15 is 0 Å². The molecular formula is C13H16Cl2N2O3. The van der Waals surface area contributed by atoms with E-state index in [1.807, 2.05) is 4.90 Å². The number of hydrogen-bond donors (Lipinski definition) is 2. The molecule has 1 atom stereocenters. The molecule has 1 aliphatic heterocycles. The maximum atomic E-state index is 11.0. The average Bonchev–Trinajstić information content (AvgIpc) is 2.43. The number of halogens is 2. The Labute approximate surface area is 127 Å². The Balaban J connectivity index is 2.45. The zero-order valence-corrected chi connectivity index (χ0v) is 12.5. The minimum atomic E-state index is -1.14. The Kier molecular flexibility index (Phi) is 4.75. The Morgan fingerprint density at radius 3 is 2.60 bits per heavy atom. The normalized spacial score (nSPS) is 17.1. The second-order valence-corrected chi connectivity index (χ2v) is 5.44. The number of carboxylic acids is 1. The van der Waals surface area contributed by atoms with Crippen LogP contribution in [0.1, 0.15) is 17.2 Å². The topological polar surface area (TPSA) is 75.8 Å². The fourth-order valence-electron chi connectivity index (χ4n) is 2.26. The predicted octanol–water partition coefficient (Wildman–Crippen LogP) is 2.22. The maximum absolute atomic E-state index is 11.0. The van der Waals surface area contributed by atoms with E-state index in [0.717, 1.165) is 5.69 Å². The number of nitrogens with zero attached hydrogens (tertiary/aromatic N) is 1. The second-order valence-electron chi connectivity index (χ2n) is 4.65. The number of aliphatic carboxylic acids is 1. The lowest BCUT2D eigenvalue weighted by atomic mass is 10.0. The first-order valence-corrected chi connectivity index (χ1v) is 6.98. The first kappa shape index (κ1) is 15.4. The van der Waals surface area contributed by atoms with Crippen LogP contribution >= 0.6 is 23.2 Å². The van der Waals surface area contributed by atoms with Crippen LogP contribution in [0.15, 0.2) is 6.07 Å². The summed E-state index contributed by atoms with van der Waals surface area (Å²) in [6.07, 6.45) is 0. The van der Waals surface area contributed by atoms with Gasteiger partial charge in [0.25, 0.3) is 0 Å². The zero-order chi connectivity index (χ0) is 14.9. The summed E-state index contributed by atoms with van der Waals surface area (Å²) in [5.74, 6) is -1.11. The van der Waals surface area contributed by atoms with Gasteiger partial charge in [0, 0.05) is 13.1 Å². The van der Waals surface area contributed by atoms with E-state index in [2.05, 4.69) is 0 Å². The summed E-state index contributed by atoms with van der Waals surface area (Å²) >= 11 is 12.6. The van der Waals surface area contributed by atoms with Crippen molar-refractivity contribution < 1.29 is 14.6 Å². The summed E-state index contributed by atoms with van der Waals surface area (Å²) in [6.45, 7) is 4.37. The van der Waals surface area contributed by atoms with E-state index in [1.54, 1.807) is 13.0 Å². The highest BCUT2D eigenvalue weighted by Gasteiger charge is 2.24. The monoisotopic (exact) mass is 318 g/mol. The van der Waals surface area contributed by atoms with Crippen LogP contribution in [0.5, 0.6) is 0 Å². The number of carbonyl (C=O) groups is 1. The Morgan fingerprint density at radius 2 is 2.05 bits per heavy atom. The van der Waals surface area contributed by atoms with Gasteiger partial charge in [-0.05, 0) is 24.1 Å². The molecule has 2 rings (SSSR count). The summed E-state index contributed by atoms with van der Waals surface area (Å²) in [5, 5.41) is 9.88. The molecule has 0 unspecified atom stereocenters. The highest BCUT2D eigenvalue weighted by molar-refractivity contribution is 6.39. The fourth-order valence-corrected chi connectivity index (χ4v) is 2.97. The molecule has 110 valence electrons. The number of morpholine rings is 1. The van der Waals surface area contributed by atoms with Crippen LogP contribution in [-0.4, -0.2) is 37.4 Å². The van der Waals surface area contributed by atoms with E-state index < -0.39 is 12.0 Å². The molecule has 0 aliphatic carbocycles. The van der Waals surface area contributed by atoms with Crippen molar-refractivity contribution in [2.45, 2.75) is 13.0 Å². The summed E-state index contributed by atoms with van der Waals surface area (Å²) < 4.78 is 5.30. The number of anilines is 1. The lowest BCUT2D eigenvalue weighted by molar-refractivity contribution is -0.138. The van der Waals surface area contributed by atoms with Gasteiger partial charge in [-0.3, -0.25) is 4.79 Å². The molecule has 5 nitrogen and oxygen atoms in total. The van der Waals surface area contributed by atoms with E-state index in [-0.39, 0.29) is 0 Å². The van der Waals surface area contributed by atoms with Crippen molar-refractivity contribution in [3.8, 4) is 0 Å². The first-order valence-electron chi connectivity index (χ1n) is 6.23.